The Morgan fingerprint density at radius 3 is 2.12 bits per heavy atom. The maximum Gasteiger partial charge on any atom is 0.255 e. The summed E-state index contributed by atoms with van der Waals surface area (Å²) in [6, 6.07) is 20.8. The molecule has 1 atom stereocenters. The molecule has 0 N–H and O–H groups in total. The first-order valence-electron chi connectivity index (χ1n) is 10.8. The Hall–Kier alpha value is -3.60. The third kappa shape index (κ3) is 3.86. The van der Waals surface area contributed by atoms with Gasteiger partial charge in [0, 0.05) is 31.2 Å². The fourth-order valence-corrected chi connectivity index (χ4v) is 4.17. The summed E-state index contributed by atoms with van der Waals surface area (Å²) in [5, 5.41) is 0. The van der Waals surface area contributed by atoms with Crippen LogP contribution in [0.1, 0.15) is 28.3 Å². The van der Waals surface area contributed by atoms with E-state index in [-0.39, 0.29) is 18.4 Å². The van der Waals surface area contributed by atoms with Crippen LogP contribution in [0.2, 0.25) is 0 Å². The molecule has 3 aromatic rings. The van der Waals surface area contributed by atoms with Gasteiger partial charge in [-0.2, -0.15) is 0 Å². The molecule has 0 saturated carbocycles. The summed E-state index contributed by atoms with van der Waals surface area (Å²) in [4.78, 5) is 32.7. The molecular formula is C27H29N3O2. The van der Waals surface area contributed by atoms with Crippen molar-refractivity contribution in [1.29, 1.82) is 0 Å². The molecule has 0 radical (unpaired) electrons. The first kappa shape index (κ1) is 21.6. The first-order chi connectivity index (χ1) is 15.3. The summed E-state index contributed by atoms with van der Waals surface area (Å²) >= 11 is 0. The fraction of sp³-hybridized carbons (Fsp3) is 0.259. The second kappa shape index (κ2) is 8.50. The van der Waals surface area contributed by atoms with E-state index in [4.69, 9.17) is 0 Å². The van der Waals surface area contributed by atoms with Gasteiger partial charge >= 0.3 is 0 Å². The third-order valence-corrected chi connectivity index (χ3v) is 6.22. The zero-order chi connectivity index (χ0) is 23.0. The molecule has 1 heterocycles. The van der Waals surface area contributed by atoms with Gasteiger partial charge in [0.05, 0.1) is 0 Å². The van der Waals surface area contributed by atoms with Gasteiger partial charge in [-0.1, -0.05) is 42.0 Å². The number of aryl methyl sites for hydroxylation is 2. The van der Waals surface area contributed by atoms with Crippen LogP contribution < -0.4 is 14.7 Å². The predicted octanol–water partition coefficient (Wildman–Crippen LogP) is 4.80. The van der Waals surface area contributed by atoms with Crippen molar-refractivity contribution in [1.82, 2.24) is 0 Å². The number of hydrogen-bond acceptors (Lipinski definition) is 3. The van der Waals surface area contributed by atoms with Crippen molar-refractivity contribution in [3.8, 4) is 0 Å². The van der Waals surface area contributed by atoms with Gasteiger partial charge in [0.15, 0.2) is 0 Å². The minimum Gasteiger partial charge on any atom is -0.378 e. The summed E-state index contributed by atoms with van der Waals surface area (Å²) in [5.74, 6) is -0.201. The van der Waals surface area contributed by atoms with Crippen LogP contribution in [0.3, 0.4) is 0 Å². The lowest BCUT2D eigenvalue weighted by Crippen LogP contribution is -2.56. The van der Waals surface area contributed by atoms with E-state index >= 15 is 0 Å². The molecule has 1 saturated heterocycles. The third-order valence-electron chi connectivity index (χ3n) is 6.22. The molecule has 164 valence electrons. The number of amides is 2. The Morgan fingerprint density at radius 2 is 1.50 bits per heavy atom. The number of anilines is 3. The molecule has 5 nitrogen and oxygen atoms in total. The molecule has 0 aliphatic carbocycles. The monoisotopic (exact) mass is 427 g/mol. The van der Waals surface area contributed by atoms with Gasteiger partial charge in [-0.25, -0.2) is 0 Å². The normalized spacial score (nSPS) is 16.5. The second-order valence-electron chi connectivity index (χ2n) is 8.63. The number of carbonyl (C=O) groups excluding carboxylic acids is 2. The van der Waals surface area contributed by atoms with Gasteiger partial charge in [-0.15, -0.1) is 0 Å². The highest BCUT2D eigenvalue weighted by atomic mass is 16.2. The van der Waals surface area contributed by atoms with E-state index in [1.54, 1.807) is 9.80 Å². The van der Waals surface area contributed by atoms with E-state index in [2.05, 4.69) is 0 Å². The lowest BCUT2D eigenvalue weighted by atomic mass is 9.97. The van der Waals surface area contributed by atoms with Crippen molar-refractivity contribution in [2.75, 3.05) is 35.3 Å². The van der Waals surface area contributed by atoms with Crippen molar-refractivity contribution in [3.63, 3.8) is 0 Å². The van der Waals surface area contributed by atoms with Crippen molar-refractivity contribution in [2.24, 2.45) is 0 Å². The number of carbonyl (C=O) groups is 2. The molecule has 0 spiro atoms. The zero-order valence-corrected chi connectivity index (χ0v) is 19.3. The average Bonchev–Trinajstić information content (AvgIpc) is 2.78. The fourth-order valence-electron chi connectivity index (χ4n) is 4.17. The molecule has 1 aliphatic rings. The Bertz CT molecular complexity index is 1150. The van der Waals surface area contributed by atoms with Gasteiger partial charge in [0.2, 0.25) is 5.91 Å². The molecule has 3 aromatic carbocycles. The first-order valence-corrected chi connectivity index (χ1v) is 10.8. The SMILES string of the molecule is Cc1ccc(N2C(=O)CN(c3cccc(C)c3C)C(=O)[C@@H]2c2ccc(N(C)C)cc2)cc1. The summed E-state index contributed by atoms with van der Waals surface area (Å²) in [6.07, 6.45) is 0. The standard InChI is InChI=1S/C27H29N3O2/c1-18-9-13-23(14-10-18)30-25(31)17-29(24-8-6-7-19(2)20(24)3)27(32)26(30)21-11-15-22(16-12-21)28(4)5/h6-16,26H,17H2,1-5H3/t26-/m0/s1. The highest BCUT2D eigenvalue weighted by molar-refractivity contribution is 6.14. The second-order valence-corrected chi connectivity index (χ2v) is 8.63. The molecule has 0 bridgehead atoms. The van der Waals surface area contributed by atoms with E-state index in [9.17, 15) is 9.59 Å². The summed E-state index contributed by atoms with van der Waals surface area (Å²) < 4.78 is 0. The number of piperazine rings is 1. The van der Waals surface area contributed by atoms with E-state index < -0.39 is 6.04 Å². The minimum atomic E-state index is -0.727. The van der Waals surface area contributed by atoms with Crippen LogP contribution in [-0.2, 0) is 9.59 Å². The molecule has 0 unspecified atom stereocenters. The predicted molar refractivity (Wildman–Crippen MR) is 130 cm³/mol. The maximum atomic E-state index is 13.9. The van der Waals surface area contributed by atoms with Gasteiger partial charge in [-0.05, 0) is 67.8 Å². The largest absolute Gasteiger partial charge is 0.378 e. The lowest BCUT2D eigenvalue weighted by Gasteiger charge is -2.41. The van der Waals surface area contributed by atoms with Crippen molar-refractivity contribution < 1.29 is 9.59 Å². The van der Waals surface area contributed by atoms with E-state index in [1.165, 1.54) is 0 Å². The quantitative estimate of drug-likeness (QED) is 0.601. The lowest BCUT2D eigenvalue weighted by molar-refractivity contribution is -0.128. The van der Waals surface area contributed by atoms with Gasteiger partial charge in [0.1, 0.15) is 12.6 Å². The summed E-state index contributed by atoms with van der Waals surface area (Å²) in [6.45, 7) is 6.04. The summed E-state index contributed by atoms with van der Waals surface area (Å²) in [7, 11) is 3.95. The van der Waals surface area contributed by atoms with Crippen molar-refractivity contribution >= 4 is 28.9 Å². The highest BCUT2D eigenvalue weighted by Gasteiger charge is 2.42. The van der Waals surface area contributed by atoms with Crippen LogP contribution in [0.25, 0.3) is 0 Å². The van der Waals surface area contributed by atoms with Crippen LogP contribution in [0.4, 0.5) is 17.1 Å². The maximum absolute atomic E-state index is 13.9. The van der Waals surface area contributed by atoms with E-state index in [0.29, 0.717) is 0 Å². The molecule has 0 aromatic heterocycles. The van der Waals surface area contributed by atoms with Crippen molar-refractivity contribution in [2.45, 2.75) is 26.8 Å². The van der Waals surface area contributed by atoms with Gasteiger partial charge in [-0.3, -0.25) is 14.5 Å². The molecule has 1 aliphatic heterocycles. The van der Waals surface area contributed by atoms with Crippen LogP contribution in [0.5, 0.6) is 0 Å². The van der Waals surface area contributed by atoms with Crippen LogP contribution in [0, 0.1) is 20.8 Å². The summed E-state index contributed by atoms with van der Waals surface area (Å²) in [5.41, 5.74) is 6.57. The topological polar surface area (TPSA) is 43.9 Å². The van der Waals surface area contributed by atoms with Crippen LogP contribution in [0.15, 0.2) is 66.7 Å². The van der Waals surface area contributed by atoms with Gasteiger partial charge < -0.3 is 9.80 Å². The highest BCUT2D eigenvalue weighted by Crippen LogP contribution is 2.36. The Kier molecular flexibility index (Phi) is 5.74. The smallest absolute Gasteiger partial charge is 0.255 e. The number of nitrogens with zero attached hydrogens (tertiary/aromatic N) is 3. The molecular weight excluding hydrogens is 398 g/mol. The van der Waals surface area contributed by atoms with Gasteiger partial charge in [0.25, 0.3) is 5.91 Å². The average molecular weight is 428 g/mol. The molecule has 5 heteroatoms. The molecule has 32 heavy (non-hydrogen) atoms. The number of benzene rings is 3. The molecule has 4 rings (SSSR count). The van der Waals surface area contributed by atoms with Crippen LogP contribution >= 0.6 is 0 Å². The number of hydrogen-bond donors (Lipinski definition) is 0. The molecule has 1 fully saturated rings. The Balaban J connectivity index is 1.83. The minimum absolute atomic E-state index is 0.0171. The van der Waals surface area contributed by atoms with E-state index in [0.717, 1.165) is 39.3 Å². The number of rotatable bonds is 4. The molecule has 2 amide bonds. The van der Waals surface area contributed by atoms with E-state index in [1.807, 2.05) is 106 Å². The zero-order valence-electron chi connectivity index (χ0n) is 19.3. The Labute approximate surface area is 189 Å². The van der Waals surface area contributed by atoms with Crippen LogP contribution in [-0.4, -0.2) is 32.5 Å². The van der Waals surface area contributed by atoms with Crippen molar-refractivity contribution in [3.05, 3.63) is 89.0 Å². The Morgan fingerprint density at radius 1 is 0.844 bits per heavy atom.